The molecule has 9 nitrogen and oxygen atoms in total. The van der Waals surface area contributed by atoms with E-state index in [0.29, 0.717) is 57.4 Å². The molecule has 2 heterocycles. The molecule has 0 saturated heterocycles. The quantitative estimate of drug-likeness (QED) is 0.376. The van der Waals surface area contributed by atoms with Crippen molar-refractivity contribution in [1.82, 2.24) is 10.2 Å². The molecule has 0 fully saturated rings. The highest BCUT2D eigenvalue weighted by atomic mass is 32.2. The number of anilines is 2. The fraction of sp³-hybridized carbons (Fsp3) is 0.222. The van der Waals surface area contributed by atoms with Crippen molar-refractivity contribution in [2.24, 2.45) is 5.73 Å². The first-order valence-electron chi connectivity index (χ1n) is 12.1. The van der Waals surface area contributed by atoms with Gasteiger partial charge < -0.3 is 15.8 Å². The number of nitriles is 1. The Bertz CT molecular complexity index is 1610. The molecule has 0 radical (unpaired) electrons. The van der Waals surface area contributed by atoms with Crippen LogP contribution in [-0.4, -0.2) is 34.8 Å². The van der Waals surface area contributed by atoms with Crippen LogP contribution in [0.1, 0.15) is 30.7 Å². The summed E-state index contributed by atoms with van der Waals surface area (Å²) in [5.74, 6) is -2.33. The third-order valence-electron chi connectivity index (χ3n) is 6.48. The van der Waals surface area contributed by atoms with Crippen molar-refractivity contribution >= 4 is 45.6 Å². The number of amides is 1. The van der Waals surface area contributed by atoms with Crippen molar-refractivity contribution in [3.63, 3.8) is 0 Å². The van der Waals surface area contributed by atoms with E-state index in [1.54, 1.807) is 11.0 Å². The first kappa shape index (κ1) is 27.3. The Labute approximate surface area is 236 Å². The second kappa shape index (κ2) is 11.4. The summed E-state index contributed by atoms with van der Waals surface area (Å²) in [5.41, 5.74) is 8.45. The molecule has 1 aliphatic heterocycles. The molecule has 0 spiro atoms. The molecule has 0 saturated carbocycles. The Morgan fingerprint density at radius 2 is 2.08 bits per heavy atom. The number of hydrogen-bond acceptors (Lipinski definition) is 10. The van der Waals surface area contributed by atoms with Gasteiger partial charge in [0.1, 0.15) is 23.2 Å². The number of benzene rings is 2. The van der Waals surface area contributed by atoms with Crippen LogP contribution in [0.15, 0.2) is 69.5 Å². The summed E-state index contributed by atoms with van der Waals surface area (Å²) >= 11 is 2.21. The number of ketones is 1. The van der Waals surface area contributed by atoms with Gasteiger partial charge >= 0.3 is 0 Å². The van der Waals surface area contributed by atoms with E-state index in [4.69, 9.17) is 10.5 Å². The van der Waals surface area contributed by atoms with E-state index in [1.807, 2.05) is 18.2 Å². The third-order valence-corrected chi connectivity index (χ3v) is 8.52. The number of ether oxygens (including phenoxy) is 1. The number of nitrogens with two attached hydrogens (primary N) is 1. The number of nitrogens with one attached hydrogen (secondary N) is 1. The van der Waals surface area contributed by atoms with Gasteiger partial charge in [-0.05, 0) is 31.0 Å². The van der Waals surface area contributed by atoms with Crippen molar-refractivity contribution in [3.05, 3.63) is 82.3 Å². The van der Waals surface area contributed by atoms with Gasteiger partial charge in [-0.25, -0.2) is 8.78 Å². The lowest BCUT2D eigenvalue weighted by molar-refractivity contribution is -0.116. The lowest BCUT2D eigenvalue weighted by atomic mass is 9.75. The Morgan fingerprint density at radius 1 is 1.27 bits per heavy atom. The largest absolute Gasteiger partial charge is 0.496 e. The number of para-hydroxylation sites is 1. The summed E-state index contributed by atoms with van der Waals surface area (Å²) in [6, 6.07) is 12.3. The first-order valence-corrected chi connectivity index (χ1v) is 13.9. The van der Waals surface area contributed by atoms with E-state index in [1.165, 1.54) is 7.11 Å². The second-order valence-electron chi connectivity index (χ2n) is 8.87. The standard InChI is InChI=1S/C27H22F2N6O3S2/c1-38-21-8-3-2-5-15(21)23-16(12-30)25(31)35(19-6-4-7-20(36)24(19)23)26-33-34-27(40-26)39-13-22(37)32-18-10-9-14(28)11-17(18)29/h2-3,5,8-11,23H,4,6-7,13,31H2,1H3,(H,32,37). The van der Waals surface area contributed by atoms with Gasteiger partial charge in [0, 0.05) is 29.3 Å². The Balaban J connectivity index is 1.43. The maximum absolute atomic E-state index is 13.9. The maximum Gasteiger partial charge on any atom is 0.234 e. The summed E-state index contributed by atoms with van der Waals surface area (Å²) in [4.78, 5) is 27.3. The number of nitrogens with zero attached hydrogens (tertiary/aromatic N) is 4. The molecule has 1 aromatic heterocycles. The van der Waals surface area contributed by atoms with E-state index in [0.717, 1.165) is 35.2 Å². The molecule has 3 N–H and O–H groups in total. The van der Waals surface area contributed by atoms with Crippen LogP contribution >= 0.6 is 23.1 Å². The average Bonchev–Trinajstić information content (AvgIpc) is 3.41. The number of thioether (sulfide) groups is 1. The van der Waals surface area contributed by atoms with E-state index >= 15 is 0 Å². The van der Waals surface area contributed by atoms with Crippen LogP contribution in [0.2, 0.25) is 0 Å². The number of rotatable bonds is 7. The molecule has 5 rings (SSSR count). The predicted octanol–water partition coefficient (Wildman–Crippen LogP) is 4.86. The first-order chi connectivity index (χ1) is 19.3. The van der Waals surface area contributed by atoms with Crippen LogP contribution in [0.3, 0.4) is 0 Å². The maximum atomic E-state index is 13.9. The highest BCUT2D eigenvalue weighted by molar-refractivity contribution is 8.01. The van der Waals surface area contributed by atoms with Crippen LogP contribution in [0.25, 0.3) is 0 Å². The minimum atomic E-state index is -0.880. The zero-order valence-electron chi connectivity index (χ0n) is 21.1. The number of aromatic nitrogens is 2. The molecular formula is C27H22F2N6O3S2. The molecule has 204 valence electrons. The van der Waals surface area contributed by atoms with Gasteiger partial charge in [-0.15, -0.1) is 10.2 Å². The number of carbonyl (C=O) groups excluding carboxylic acids is 2. The SMILES string of the molecule is COc1ccccc1C1C(C#N)=C(N)N(c2nnc(SCC(=O)Nc3ccc(F)cc3F)s2)C2=C1C(=O)CCC2. The normalized spacial score (nSPS) is 17.0. The van der Waals surface area contributed by atoms with Crippen molar-refractivity contribution < 1.29 is 23.1 Å². The number of carbonyl (C=O) groups is 2. The Morgan fingerprint density at radius 3 is 2.83 bits per heavy atom. The van der Waals surface area contributed by atoms with Crippen LogP contribution in [0, 0.1) is 23.0 Å². The molecule has 1 aliphatic carbocycles. The van der Waals surface area contributed by atoms with Crippen LogP contribution < -0.4 is 20.7 Å². The fourth-order valence-corrected chi connectivity index (χ4v) is 6.46. The molecular weight excluding hydrogens is 558 g/mol. The minimum absolute atomic E-state index is 0.0776. The smallest absolute Gasteiger partial charge is 0.234 e. The summed E-state index contributed by atoms with van der Waals surface area (Å²) in [6.07, 6.45) is 1.50. The number of allylic oxidation sites excluding steroid dienone is 3. The molecule has 2 aliphatic rings. The zero-order chi connectivity index (χ0) is 28.4. The van der Waals surface area contributed by atoms with Crippen LogP contribution in [0.5, 0.6) is 5.75 Å². The summed E-state index contributed by atoms with van der Waals surface area (Å²) in [7, 11) is 1.53. The van der Waals surface area contributed by atoms with Gasteiger partial charge in [-0.1, -0.05) is 41.3 Å². The Hall–Kier alpha value is -4.28. The van der Waals surface area contributed by atoms with E-state index in [-0.39, 0.29) is 28.6 Å². The van der Waals surface area contributed by atoms with Gasteiger partial charge in [-0.3, -0.25) is 14.5 Å². The van der Waals surface area contributed by atoms with Gasteiger partial charge in [0.15, 0.2) is 10.1 Å². The monoisotopic (exact) mass is 580 g/mol. The van der Waals surface area contributed by atoms with E-state index in [2.05, 4.69) is 21.6 Å². The van der Waals surface area contributed by atoms with E-state index in [9.17, 15) is 23.6 Å². The zero-order valence-corrected chi connectivity index (χ0v) is 22.7. The average molecular weight is 581 g/mol. The fourth-order valence-electron chi connectivity index (χ4n) is 4.78. The molecule has 1 amide bonds. The number of halogens is 2. The molecule has 1 atom stereocenters. The highest BCUT2D eigenvalue weighted by Crippen LogP contribution is 2.48. The molecule has 3 aromatic rings. The summed E-state index contributed by atoms with van der Waals surface area (Å²) in [5, 5.41) is 21.3. The van der Waals surface area contributed by atoms with Crippen molar-refractivity contribution in [1.29, 1.82) is 5.26 Å². The van der Waals surface area contributed by atoms with Crippen molar-refractivity contribution in [2.45, 2.75) is 29.5 Å². The van der Waals surface area contributed by atoms with Gasteiger partial charge in [0.05, 0.1) is 36.1 Å². The van der Waals surface area contributed by atoms with Gasteiger partial charge in [0.25, 0.3) is 0 Å². The lowest BCUT2D eigenvalue weighted by Crippen LogP contribution is -2.38. The summed E-state index contributed by atoms with van der Waals surface area (Å²) in [6.45, 7) is 0. The van der Waals surface area contributed by atoms with Crippen LogP contribution in [0.4, 0.5) is 19.6 Å². The second-order valence-corrected chi connectivity index (χ2v) is 11.0. The van der Waals surface area contributed by atoms with Crippen molar-refractivity contribution in [3.8, 4) is 11.8 Å². The Kier molecular flexibility index (Phi) is 7.81. The molecule has 0 bridgehead atoms. The van der Waals surface area contributed by atoms with E-state index < -0.39 is 23.5 Å². The lowest BCUT2D eigenvalue weighted by Gasteiger charge is -2.38. The summed E-state index contributed by atoms with van der Waals surface area (Å²) < 4.78 is 32.9. The topological polar surface area (TPSA) is 134 Å². The molecule has 40 heavy (non-hydrogen) atoms. The number of Topliss-reactive ketones (excluding diaryl/α,β-unsaturated/α-hetero) is 1. The van der Waals surface area contributed by atoms with Crippen molar-refractivity contribution in [2.75, 3.05) is 23.1 Å². The van der Waals surface area contributed by atoms with Crippen LogP contribution in [-0.2, 0) is 9.59 Å². The minimum Gasteiger partial charge on any atom is -0.496 e. The third kappa shape index (κ3) is 5.15. The molecule has 13 heteroatoms. The number of hydrogen-bond donors (Lipinski definition) is 2. The molecule has 1 unspecified atom stereocenters. The predicted molar refractivity (Wildman–Crippen MR) is 147 cm³/mol. The van der Waals surface area contributed by atoms with Gasteiger partial charge in [0.2, 0.25) is 11.0 Å². The molecule has 2 aromatic carbocycles. The number of methoxy groups -OCH3 is 1. The van der Waals surface area contributed by atoms with Gasteiger partial charge in [-0.2, -0.15) is 5.26 Å². The highest BCUT2D eigenvalue weighted by Gasteiger charge is 2.42.